The Morgan fingerprint density at radius 1 is 1.07 bits per heavy atom. The summed E-state index contributed by atoms with van der Waals surface area (Å²) in [4.78, 5) is 25.4. The highest BCUT2D eigenvalue weighted by molar-refractivity contribution is 5.93. The normalized spacial score (nSPS) is 19.5. The zero-order valence-electron chi connectivity index (χ0n) is 16.2. The van der Waals surface area contributed by atoms with Crippen LogP contribution in [0.2, 0.25) is 0 Å². The van der Waals surface area contributed by atoms with Gasteiger partial charge in [-0.05, 0) is 30.9 Å². The Morgan fingerprint density at radius 2 is 1.71 bits per heavy atom. The second-order valence-electron chi connectivity index (χ2n) is 7.51. The molecule has 1 aromatic carbocycles. The molecule has 3 heterocycles. The number of carbonyl (C=O) groups excluding carboxylic acids is 1. The molecule has 7 heteroatoms. The predicted octanol–water partition coefficient (Wildman–Crippen LogP) is 1.75. The van der Waals surface area contributed by atoms with Crippen LogP contribution in [0.5, 0.6) is 0 Å². The summed E-state index contributed by atoms with van der Waals surface area (Å²) >= 11 is 0. The first-order valence-corrected chi connectivity index (χ1v) is 9.79. The van der Waals surface area contributed by atoms with E-state index in [-0.39, 0.29) is 5.91 Å². The van der Waals surface area contributed by atoms with Gasteiger partial charge >= 0.3 is 0 Å². The SMILES string of the molecule is Cc1ccccc1C1(O)CCN(C(=O)c2cnc(N3CCOCC3)nc2)CC1. The minimum absolute atomic E-state index is 0.0830. The van der Waals surface area contributed by atoms with E-state index in [0.717, 1.165) is 24.2 Å². The second kappa shape index (κ2) is 7.85. The number of aliphatic hydroxyl groups is 1. The molecule has 1 amide bonds. The third-order valence-corrected chi connectivity index (χ3v) is 5.70. The van der Waals surface area contributed by atoms with E-state index >= 15 is 0 Å². The van der Waals surface area contributed by atoms with Gasteiger partial charge in [-0.25, -0.2) is 9.97 Å². The molecule has 148 valence electrons. The summed E-state index contributed by atoms with van der Waals surface area (Å²) in [7, 11) is 0. The van der Waals surface area contributed by atoms with Crippen molar-refractivity contribution >= 4 is 11.9 Å². The zero-order valence-corrected chi connectivity index (χ0v) is 16.2. The number of ether oxygens (including phenoxy) is 1. The number of carbonyl (C=O) groups is 1. The molecule has 0 aliphatic carbocycles. The summed E-state index contributed by atoms with van der Waals surface area (Å²) in [5.74, 6) is 0.549. The third-order valence-electron chi connectivity index (χ3n) is 5.70. The average molecular weight is 382 g/mol. The van der Waals surface area contributed by atoms with E-state index in [9.17, 15) is 9.90 Å². The maximum Gasteiger partial charge on any atom is 0.256 e. The first kappa shape index (κ1) is 18.8. The molecule has 0 radical (unpaired) electrons. The van der Waals surface area contributed by atoms with Gasteiger partial charge in [0.15, 0.2) is 0 Å². The number of hydrogen-bond donors (Lipinski definition) is 1. The van der Waals surface area contributed by atoms with Gasteiger partial charge in [-0.3, -0.25) is 4.79 Å². The van der Waals surface area contributed by atoms with Crippen molar-refractivity contribution in [2.75, 3.05) is 44.3 Å². The smallest absolute Gasteiger partial charge is 0.256 e. The van der Waals surface area contributed by atoms with Crippen LogP contribution in [0.4, 0.5) is 5.95 Å². The van der Waals surface area contributed by atoms with Crippen LogP contribution in [0.1, 0.15) is 34.3 Å². The number of likely N-dealkylation sites (tertiary alicyclic amines) is 1. The van der Waals surface area contributed by atoms with E-state index in [4.69, 9.17) is 4.74 Å². The average Bonchev–Trinajstić information content (AvgIpc) is 2.75. The topological polar surface area (TPSA) is 78.8 Å². The van der Waals surface area contributed by atoms with Crippen LogP contribution in [-0.2, 0) is 10.3 Å². The van der Waals surface area contributed by atoms with E-state index < -0.39 is 5.60 Å². The first-order chi connectivity index (χ1) is 13.6. The van der Waals surface area contributed by atoms with E-state index in [1.54, 1.807) is 17.3 Å². The molecule has 2 fully saturated rings. The van der Waals surface area contributed by atoms with Crippen LogP contribution in [-0.4, -0.2) is 65.3 Å². The Hall–Kier alpha value is -2.51. The third kappa shape index (κ3) is 3.72. The lowest BCUT2D eigenvalue weighted by molar-refractivity contribution is -0.0215. The van der Waals surface area contributed by atoms with Crippen molar-refractivity contribution in [1.82, 2.24) is 14.9 Å². The first-order valence-electron chi connectivity index (χ1n) is 9.79. The van der Waals surface area contributed by atoms with Crippen LogP contribution >= 0.6 is 0 Å². The maximum atomic E-state index is 12.8. The van der Waals surface area contributed by atoms with Gasteiger partial charge in [-0.15, -0.1) is 0 Å². The molecular weight excluding hydrogens is 356 g/mol. The van der Waals surface area contributed by atoms with Crippen LogP contribution in [0.25, 0.3) is 0 Å². The molecule has 28 heavy (non-hydrogen) atoms. The second-order valence-corrected chi connectivity index (χ2v) is 7.51. The van der Waals surface area contributed by atoms with Crippen molar-refractivity contribution in [1.29, 1.82) is 0 Å². The minimum atomic E-state index is -0.876. The van der Waals surface area contributed by atoms with E-state index in [2.05, 4.69) is 14.9 Å². The molecule has 1 N–H and O–H groups in total. The Morgan fingerprint density at radius 3 is 2.36 bits per heavy atom. The van der Waals surface area contributed by atoms with Crippen molar-refractivity contribution in [3.8, 4) is 0 Å². The van der Waals surface area contributed by atoms with Crippen LogP contribution in [0.3, 0.4) is 0 Å². The van der Waals surface area contributed by atoms with Crippen molar-refractivity contribution in [3.05, 3.63) is 53.3 Å². The number of nitrogens with zero attached hydrogens (tertiary/aromatic N) is 4. The lowest BCUT2D eigenvalue weighted by Crippen LogP contribution is -2.45. The van der Waals surface area contributed by atoms with Gasteiger partial charge in [-0.1, -0.05) is 24.3 Å². The Labute approximate surface area is 165 Å². The highest BCUT2D eigenvalue weighted by Gasteiger charge is 2.36. The van der Waals surface area contributed by atoms with E-state index in [0.29, 0.717) is 50.7 Å². The van der Waals surface area contributed by atoms with Gasteiger partial charge in [0.25, 0.3) is 5.91 Å². The lowest BCUT2D eigenvalue weighted by atomic mass is 9.82. The monoisotopic (exact) mass is 382 g/mol. The number of hydrogen-bond acceptors (Lipinski definition) is 6. The number of amides is 1. The van der Waals surface area contributed by atoms with Crippen molar-refractivity contribution in [2.24, 2.45) is 0 Å². The van der Waals surface area contributed by atoms with Gasteiger partial charge < -0.3 is 19.6 Å². The van der Waals surface area contributed by atoms with Gasteiger partial charge in [0, 0.05) is 38.6 Å². The molecule has 2 aliphatic rings. The van der Waals surface area contributed by atoms with Crippen molar-refractivity contribution < 1.29 is 14.6 Å². The Balaban J connectivity index is 1.40. The number of morpholine rings is 1. The summed E-state index contributed by atoms with van der Waals surface area (Å²) < 4.78 is 5.34. The molecule has 1 aromatic heterocycles. The summed E-state index contributed by atoms with van der Waals surface area (Å²) in [6.45, 7) is 5.89. The number of rotatable bonds is 3. The molecular formula is C21H26N4O3. The lowest BCUT2D eigenvalue weighted by Gasteiger charge is -2.39. The Bertz CT molecular complexity index is 826. The highest BCUT2D eigenvalue weighted by atomic mass is 16.5. The number of benzene rings is 1. The fourth-order valence-corrected chi connectivity index (χ4v) is 3.98. The van der Waals surface area contributed by atoms with Gasteiger partial charge in [-0.2, -0.15) is 0 Å². The number of piperidine rings is 1. The number of aromatic nitrogens is 2. The van der Waals surface area contributed by atoms with E-state index in [1.165, 1.54) is 0 Å². The van der Waals surface area contributed by atoms with Crippen LogP contribution in [0, 0.1) is 6.92 Å². The van der Waals surface area contributed by atoms with Gasteiger partial charge in [0.2, 0.25) is 5.95 Å². The fraction of sp³-hybridized carbons (Fsp3) is 0.476. The summed E-state index contributed by atoms with van der Waals surface area (Å²) in [6, 6.07) is 7.91. The van der Waals surface area contributed by atoms with Crippen molar-refractivity contribution in [2.45, 2.75) is 25.4 Å². The molecule has 2 saturated heterocycles. The van der Waals surface area contributed by atoms with E-state index in [1.807, 2.05) is 31.2 Å². The Kier molecular flexibility index (Phi) is 5.28. The summed E-state index contributed by atoms with van der Waals surface area (Å²) in [6.07, 6.45) is 4.25. The number of anilines is 1. The predicted molar refractivity (Wildman–Crippen MR) is 105 cm³/mol. The van der Waals surface area contributed by atoms with Crippen molar-refractivity contribution in [3.63, 3.8) is 0 Å². The standard InChI is InChI=1S/C21H26N4O3/c1-16-4-2-3-5-18(16)21(27)6-8-24(9-7-21)19(26)17-14-22-20(23-15-17)25-10-12-28-13-11-25/h2-5,14-15,27H,6-13H2,1H3. The molecule has 7 nitrogen and oxygen atoms in total. The molecule has 0 atom stereocenters. The molecule has 0 saturated carbocycles. The fourth-order valence-electron chi connectivity index (χ4n) is 3.98. The molecule has 0 spiro atoms. The van der Waals surface area contributed by atoms with Gasteiger partial charge in [0.05, 0.1) is 24.4 Å². The molecule has 4 rings (SSSR count). The minimum Gasteiger partial charge on any atom is -0.385 e. The molecule has 0 unspecified atom stereocenters. The molecule has 0 bridgehead atoms. The maximum absolute atomic E-state index is 12.8. The molecule has 2 aromatic rings. The zero-order chi connectivity index (χ0) is 19.6. The van der Waals surface area contributed by atoms with Crippen LogP contribution < -0.4 is 4.90 Å². The largest absolute Gasteiger partial charge is 0.385 e. The van der Waals surface area contributed by atoms with Crippen LogP contribution in [0.15, 0.2) is 36.7 Å². The summed E-state index contributed by atoms with van der Waals surface area (Å²) in [5, 5.41) is 11.1. The highest BCUT2D eigenvalue weighted by Crippen LogP contribution is 2.34. The summed E-state index contributed by atoms with van der Waals surface area (Å²) in [5.41, 5.74) is 1.65. The van der Waals surface area contributed by atoms with Gasteiger partial charge in [0.1, 0.15) is 0 Å². The number of aryl methyl sites for hydroxylation is 1. The quantitative estimate of drug-likeness (QED) is 0.871. The molecule has 2 aliphatic heterocycles.